The normalized spacial score (nSPS) is 23.9. The average Bonchev–Trinajstić information content (AvgIpc) is 3.76. The van der Waals surface area contributed by atoms with Crippen molar-refractivity contribution < 1.29 is 23.9 Å². The van der Waals surface area contributed by atoms with Gasteiger partial charge < -0.3 is 9.47 Å². The number of carbonyl (C=O) groups excluding carboxylic acids is 3. The van der Waals surface area contributed by atoms with Crippen LogP contribution in [0.5, 0.6) is 11.5 Å². The van der Waals surface area contributed by atoms with Crippen LogP contribution in [0.3, 0.4) is 0 Å². The maximum absolute atomic E-state index is 14.2. The Hall–Kier alpha value is -5.32. The van der Waals surface area contributed by atoms with Crippen molar-refractivity contribution >= 4 is 35.2 Å². The fraction of sp³-hybridized carbons (Fsp3) is 0.351. The van der Waals surface area contributed by atoms with E-state index in [1.807, 2.05) is 81.4 Å². The highest BCUT2D eigenvalue weighted by molar-refractivity contribution is 6.25. The SMILES string of the molecule is CCOc1ccc(/C=C2/CCC[C@@H]3C2=NN(C(=O)CN2N=N[C@@H]4C(=O)N(c5ccc(C)cc5)C(=O)[C@H]42)[C@H]3c2ccc(OCC)cc2)cc1. The summed E-state index contributed by atoms with van der Waals surface area (Å²) in [6.45, 7) is 6.74. The monoisotopic (exact) mass is 646 g/mol. The number of nitrogens with zero attached hydrogens (tertiary/aromatic N) is 6. The van der Waals surface area contributed by atoms with Gasteiger partial charge in [-0.1, -0.05) is 47.2 Å². The molecule has 4 atom stereocenters. The predicted molar refractivity (Wildman–Crippen MR) is 180 cm³/mol. The van der Waals surface area contributed by atoms with Crippen molar-refractivity contribution in [2.75, 3.05) is 24.7 Å². The summed E-state index contributed by atoms with van der Waals surface area (Å²) < 4.78 is 11.3. The van der Waals surface area contributed by atoms with Crippen molar-refractivity contribution in [3.63, 3.8) is 0 Å². The van der Waals surface area contributed by atoms with Crippen LogP contribution in [-0.2, 0) is 14.4 Å². The third-order valence-electron chi connectivity index (χ3n) is 9.27. The molecular formula is C37H38N6O5. The summed E-state index contributed by atoms with van der Waals surface area (Å²) in [6, 6.07) is 20.6. The van der Waals surface area contributed by atoms with Crippen molar-refractivity contribution in [1.82, 2.24) is 10.0 Å². The zero-order valence-electron chi connectivity index (χ0n) is 27.3. The molecule has 3 amide bonds. The molecule has 3 heterocycles. The molecule has 2 fully saturated rings. The second-order valence-electron chi connectivity index (χ2n) is 12.4. The zero-order chi connectivity index (χ0) is 33.4. The number of aryl methyl sites for hydroxylation is 1. The van der Waals surface area contributed by atoms with Gasteiger partial charge in [-0.3, -0.25) is 19.4 Å². The molecule has 3 aliphatic heterocycles. The second kappa shape index (κ2) is 13.1. The molecule has 11 nitrogen and oxygen atoms in total. The van der Waals surface area contributed by atoms with E-state index in [-0.39, 0.29) is 24.4 Å². The predicted octanol–water partition coefficient (Wildman–Crippen LogP) is 5.91. The van der Waals surface area contributed by atoms with Crippen LogP contribution >= 0.6 is 0 Å². The molecule has 4 aliphatic rings. The molecule has 246 valence electrons. The fourth-order valence-corrected chi connectivity index (χ4v) is 7.01. The van der Waals surface area contributed by atoms with Crippen molar-refractivity contribution in [1.29, 1.82) is 0 Å². The molecule has 11 heteroatoms. The number of ether oxygens (including phenoxy) is 2. The standard InChI is InChI=1S/C37H38N6O5/c1-4-47-28-17-11-24(12-18-28)21-26-7-6-8-30-32(26)39-43(34(30)25-13-19-29(20-14-25)48-5-2)31(44)22-41-35-33(38-40-41)36(45)42(37(35)46)27-15-9-23(3)10-16-27/h9-21,30,33-35H,4-8,22H2,1-3H3/b26-21-/t30-,33+,34+,35+/m1/s1. The van der Waals surface area contributed by atoms with Crippen LogP contribution in [0, 0.1) is 12.8 Å². The van der Waals surface area contributed by atoms with Gasteiger partial charge in [0.05, 0.1) is 30.7 Å². The van der Waals surface area contributed by atoms with Crippen LogP contribution in [0.25, 0.3) is 6.08 Å². The molecule has 1 aliphatic carbocycles. The highest BCUT2D eigenvalue weighted by atomic mass is 16.5. The number of hydrogen-bond donors (Lipinski definition) is 0. The van der Waals surface area contributed by atoms with Crippen LogP contribution in [0.15, 0.2) is 93.8 Å². The summed E-state index contributed by atoms with van der Waals surface area (Å²) in [4.78, 5) is 42.3. The van der Waals surface area contributed by atoms with Gasteiger partial charge in [-0.05, 0) is 99.2 Å². The van der Waals surface area contributed by atoms with Gasteiger partial charge in [-0.2, -0.15) is 10.2 Å². The number of hydrogen-bond acceptors (Lipinski definition) is 9. The Morgan fingerprint density at radius 3 is 2.21 bits per heavy atom. The van der Waals surface area contributed by atoms with E-state index in [0.717, 1.165) is 63.6 Å². The minimum Gasteiger partial charge on any atom is -0.494 e. The number of amides is 3. The number of rotatable bonds is 9. The van der Waals surface area contributed by atoms with Crippen LogP contribution in [0.2, 0.25) is 0 Å². The summed E-state index contributed by atoms with van der Waals surface area (Å²) in [6.07, 6.45) is 4.81. The smallest absolute Gasteiger partial charge is 0.264 e. The van der Waals surface area contributed by atoms with E-state index < -0.39 is 23.9 Å². The molecule has 1 saturated carbocycles. The van der Waals surface area contributed by atoms with Gasteiger partial charge in [0.15, 0.2) is 12.1 Å². The Labute approximate surface area is 279 Å². The van der Waals surface area contributed by atoms with Gasteiger partial charge in [0, 0.05) is 5.92 Å². The summed E-state index contributed by atoms with van der Waals surface area (Å²) >= 11 is 0. The first-order valence-corrected chi connectivity index (χ1v) is 16.5. The van der Waals surface area contributed by atoms with Crippen LogP contribution in [-0.4, -0.2) is 65.3 Å². The van der Waals surface area contributed by atoms with Gasteiger partial charge in [-0.15, -0.1) is 0 Å². The number of fused-ring (bicyclic) bond motifs is 2. The number of allylic oxidation sites excluding steroid dienone is 1. The number of hydrazone groups is 1. The Morgan fingerprint density at radius 1 is 0.875 bits per heavy atom. The third-order valence-corrected chi connectivity index (χ3v) is 9.27. The minimum atomic E-state index is -0.996. The Balaban J connectivity index is 1.18. The lowest BCUT2D eigenvalue weighted by molar-refractivity contribution is -0.136. The van der Waals surface area contributed by atoms with Gasteiger partial charge in [0.1, 0.15) is 18.0 Å². The van der Waals surface area contributed by atoms with E-state index in [9.17, 15) is 14.4 Å². The minimum absolute atomic E-state index is 0.0192. The maximum Gasteiger partial charge on any atom is 0.264 e. The van der Waals surface area contributed by atoms with Gasteiger partial charge >= 0.3 is 0 Å². The van der Waals surface area contributed by atoms with Crippen LogP contribution < -0.4 is 14.4 Å². The molecule has 7 rings (SSSR count). The maximum atomic E-state index is 14.2. The van der Waals surface area contributed by atoms with Crippen LogP contribution in [0.4, 0.5) is 5.69 Å². The van der Waals surface area contributed by atoms with Crippen LogP contribution in [0.1, 0.15) is 55.8 Å². The van der Waals surface area contributed by atoms with E-state index in [0.29, 0.717) is 18.9 Å². The molecule has 3 aromatic carbocycles. The van der Waals surface area contributed by atoms with E-state index in [4.69, 9.17) is 14.6 Å². The molecular weight excluding hydrogens is 608 g/mol. The fourth-order valence-electron chi connectivity index (χ4n) is 7.01. The Bertz CT molecular complexity index is 1800. The molecule has 48 heavy (non-hydrogen) atoms. The number of imide groups is 1. The topological polar surface area (TPSA) is 116 Å². The molecule has 0 N–H and O–H groups in total. The van der Waals surface area contributed by atoms with Gasteiger partial charge in [0.2, 0.25) is 0 Å². The molecule has 0 aromatic heterocycles. The third kappa shape index (κ3) is 5.74. The van der Waals surface area contributed by atoms with Crippen molar-refractivity contribution in [2.24, 2.45) is 21.4 Å². The van der Waals surface area contributed by atoms with E-state index in [2.05, 4.69) is 16.4 Å². The Morgan fingerprint density at radius 2 is 1.54 bits per heavy atom. The first-order valence-electron chi connectivity index (χ1n) is 16.5. The van der Waals surface area contributed by atoms with E-state index in [1.54, 1.807) is 17.1 Å². The average molecular weight is 647 g/mol. The lowest BCUT2D eigenvalue weighted by atomic mass is 9.77. The molecule has 0 unspecified atom stereocenters. The second-order valence-corrected chi connectivity index (χ2v) is 12.4. The summed E-state index contributed by atoms with van der Waals surface area (Å²) in [7, 11) is 0. The molecule has 3 aromatic rings. The molecule has 0 bridgehead atoms. The molecule has 0 radical (unpaired) electrons. The first-order chi connectivity index (χ1) is 23.4. The van der Waals surface area contributed by atoms with Gasteiger partial charge in [0.25, 0.3) is 17.7 Å². The van der Waals surface area contributed by atoms with Crippen molar-refractivity contribution in [2.45, 2.75) is 58.2 Å². The number of benzene rings is 3. The van der Waals surface area contributed by atoms with Gasteiger partial charge in [-0.25, -0.2) is 9.91 Å². The van der Waals surface area contributed by atoms with E-state index >= 15 is 0 Å². The highest BCUT2D eigenvalue weighted by Gasteiger charge is 2.55. The quantitative estimate of drug-likeness (QED) is 0.267. The number of anilines is 1. The Kier molecular flexibility index (Phi) is 8.51. The van der Waals surface area contributed by atoms with Crippen molar-refractivity contribution in [3.8, 4) is 11.5 Å². The summed E-state index contributed by atoms with van der Waals surface area (Å²) in [5.41, 5.74) is 5.44. The summed E-state index contributed by atoms with van der Waals surface area (Å²) in [5.74, 6) is 0.327. The first kappa shape index (κ1) is 31.3. The lowest BCUT2D eigenvalue weighted by Gasteiger charge is -2.30. The largest absolute Gasteiger partial charge is 0.494 e. The highest BCUT2D eigenvalue weighted by Crippen LogP contribution is 2.45. The number of carbonyl (C=O) groups is 3. The van der Waals surface area contributed by atoms with Crippen molar-refractivity contribution in [3.05, 3.63) is 95.1 Å². The summed E-state index contributed by atoms with van der Waals surface area (Å²) in [5, 5.41) is 16.2. The zero-order valence-corrected chi connectivity index (χ0v) is 27.3. The molecule has 1 saturated heterocycles. The molecule has 0 spiro atoms. The lowest BCUT2D eigenvalue weighted by Crippen LogP contribution is -2.45. The van der Waals surface area contributed by atoms with E-state index in [1.165, 1.54) is 5.01 Å².